The number of carbonyl (C=O) groups excluding carboxylic acids is 2. The molecule has 0 saturated carbocycles. The normalized spacial score (nSPS) is 16.4. The zero-order valence-electron chi connectivity index (χ0n) is 13.4. The highest BCUT2D eigenvalue weighted by Crippen LogP contribution is 2.40. The summed E-state index contributed by atoms with van der Waals surface area (Å²) in [5.41, 5.74) is 1.74. The number of nitrogens with one attached hydrogen (secondary N) is 1. The van der Waals surface area contributed by atoms with E-state index < -0.39 is 5.97 Å². The van der Waals surface area contributed by atoms with E-state index in [1.807, 2.05) is 0 Å². The van der Waals surface area contributed by atoms with Gasteiger partial charge in [0.05, 0.1) is 18.2 Å². The molecule has 2 aromatic rings. The molecule has 1 N–H and O–H groups in total. The summed E-state index contributed by atoms with van der Waals surface area (Å²) < 4.78 is 4.92. The average Bonchev–Trinajstić information content (AvgIpc) is 2.91. The summed E-state index contributed by atoms with van der Waals surface area (Å²) in [5.74, 6) is -0.238. The Kier molecular flexibility index (Phi) is 4.87. The fourth-order valence-electron chi connectivity index (χ4n) is 2.88. The molecule has 0 aliphatic heterocycles. The lowest BCUT2D eigenvalue weighted by Crippen LogP contribution is -2.16. The number of thiophene rings is 1. The summed E-state index contributed by atoms with van der Waals surface area (Å²) in [6, 6.07) is 3.24. The molecular formula is C17H17ClN2O3S. The van der Waals surface area contributed by atoms with Gasteiger partial charge in [0.2, 0.25) is 0 Å². The molecule has 24 heavy (non-hydrogen) atoms. The molecule has 2 aromatic heterocycles. The minimum atomic E-state index is -0.422. The second-order valence-electron chi connectivity index (χ2n) is 5.84. The lowest BCUT2D eigenvalue weighted by Gasteiger charge is -2.18. The average molecular weight is 365 g/mol. The molecule has 1 unspecified atom stereocenters. The Hall–Kier alpha value is -1.92. The first-order valence-corrected chi connectivity index (χ1v) is 8.85. The number of fused-ring (bicyclic) bond motifs is 1. The van der Waals surface area contributed by atoms with Crippen molar-refractivity contribution in [3.8, 4) is 0 Å². The van der Waals surface area contributed by atoms with Crippen LogP contribution < -0.4 is 5.32 Å². The zero-order chi connectivity index (χ0) is 17.3. The number of hydrogen-bond donors (Lipinski definition) is 1. The molecule has 0 bridgehead atoms. The Balaban J connectivity index is 1.97. The molecule has 1 aliphatic carbocycles. The predicted molar refractivity (Wildman–Crippen MR) is 94.0 cm³/mol. The molecule has 0 aromatic carbocycles. The van der Waals surface area contributed by atoms with Gasteiger partial charge in [0.25, 0.3) is 5.91 Å². The van der Waals surface area contributed by atoms with Crippen molar-refractivity contribution in [2.75, 3.05) is 12.4 Å². The Labute approximate surface area is 149 Å². The van der Waals surface area contributed by atoms with E-state index in [-0.39, 0.29) is 16.6 Å². The highest BCUT2D eigenvalue weighted by atomic mass is 35.5. The number of aromatic nitrogens is 1. The quantitative estimate of drug-likeness (QED) is 0.661. The molecule has 2 heterocycles. The van der Waals surface area contributed by atoms with Gasteiger partial charge in [0.15, 0.2) is 0 Å². The van der Waals surface area contributed by atoms with Crippen LogP contribution in [0.25, 0.3) is 0 Å². The smallest absolute Gasteiger partial charge is 0.341 e. The van der Waals surface area contributed by atoms with Crippen molar-refractivity contribution in [3.63, 3.8) is 0 Å². The molecule has 1 aliphatic rings. The maximum atomic E-state index is 12.5. The van der Waals surface area contributed by atoms with Crippen molar-refractivity contribution in [3.05, 3.63) is 45.1 Å². The molecule has 1 amide bonds. The number of ether oxygens (including phenoxy) is 1. The van der Waals surface area contributed by atoms with Crippen LogP contribution in [0.4, 0.5) is 5.00 Å². The van der Waals surface area contributed by atoms with E-state index in [0.717, 1.165) is 29.7 Å². The van der Waals surface area contributed by atoms with Crippen molar-refractivity contribution >= 4 is 39.8 Å². The van der Waals surface area contributed by atoms with Crippen molar-refractivity contribution < 1.29 is 14.3 Å². The number of halogens is 1. The standard InChI is InChI=1S/C17H17ClN2O3S/c1-9-5-6-10-12(8-9)24-16(13(10)17(22)23-2)20-15(21)11-4-3-7-19-14(11)18/h3-4,7,9H,5-6,8H2,1-2H3,(H,20,21). The largest absolute Gasteiger partial charge is 0.465 e. The van der Waals surface area contributed by atoms with Gasteiger partial charge < -0.3 is 10.1 Å². The zero-order valence-corrected chi connectivity index (χ0v) is 15.0. The van der Waals surface area contributed by atoms with E-state index in [0.29, 0.717) is 16.5 Å². The minimum absolute atomic E-state index is 0.129. The van der Waals surface area contributed by atoms with Crippen LogP contribution in [0, 0.1) is 5.92 Å². The summed E-state index contributed by atoms with van der Waals surface area (Å²) >= 11 is 7.42. The number of pyridine rings is 1. The third-order valence-electron chi connectivity index (χ3n) is 4.13. The Morgan fingerprint density at radius 3 is 2.96 bits per heavy atom. The molecule has 0 saturated heterocycles. The number of methoxy groups -OCH3 is 1. The van der Waals surface area contributed by atoms with E-state index in [1.165, 1.54) is 24.6 Å². The van der Waals surface area contributed by atoms with Gasteiger partial charge >= 0.3 is 5.97 Å². The Morgan fingerprint density at radius 2 is 2.25 bits per heavy atom. The lowest BCUT2D eigenvalue weighted by atomic mass is 9.88. The summed E-state index contributed by atoms with van der Waals surface area (Å²) in [6.45, 7) is 2.19. The Bertz CT molecular complexity index is 803. The fourth-order valence-corrected chi connectivity index (χ4v) is 4.48. The number of amides is 1. The SMILES string of the molecule is COC(=O)c1c(NC(=O)c2cccnc2Cl)sc2c1CCC(C)C2. The van der Waals surface area contributed by atoms with E-state index in [2.05, 4.69) is 17.2 Å². The maximum Gasteiger partial charge on any atom is 0.341 e. The number of carbonyl (C=O) groups is 2. The van der Waals surface area contributed by atoms with Gasteiger partial charge in [-0.05, 0) is 42.9 Å². The molecular weight excluding hydrogens is 348 g/mol. The third-order valence-corrected chi connectivity index (χ3v) is 5.60. The van der Waals surface area contributed by atoms with Gasteiger partial charge in [-0.2, -0.15) is 0 Å². The Morgan fingerprint density at radius 1 is 1.46 bits per heavy atom. The lowest BCUT2D eigenvalue weighted by molar-refractivity contribution is 0.0601. The molecule has 5 nitrogen and oxygen atoms in total. The van der Waals surface area contributed by atoms with Crippen molar-refractivity contribution in [1.29, 1.82) is 0 Å². The van der Waals surface area contributed by atoms with Crippen LogP contribution in [0.3, 0.4) is 0 Å². The second-order valence-corrected chi connectivity index (χ2v) is 7.31. The van der Waals surface area contributed by atoms with Crippen LogP contribution in [-0.2, 0) is 17.6 Å². The van der Waals surface area contributed by atoms with Gasteiger partial charge in [-0.25, -0.2) is 9.78 Å². The van der Waals surface area contributed by atoms with Gasteiger partial charge in [0.1, 0.15) is 10.2 Å². The summed E-state index contributed by atoms with van der Waals surface area (Å²) in [4.78, 5) is 29.8. The van der Waals surface area contributed by atoms with Gasteiger partial charge in [-0.3, -0.25) is 4.79 Å². The van der Waals surface area contributed by atoms with Crippen LogP contribution in [0.1, 0.15) is 44.5 Å². The van der Waals surface area contributed by atoms with Crippen molar-refractivity contribution in [2.45, 2.75) is 26.2 Å². The first-order chi connectivity index (χ1) is 11.5. The molecule has 1 atom stereocenters. The third kappa shape index (κ3) is 3.16. The van der Waals surface area contributed by atoms with Gasteiger partial charge in [0, 0.05) is 11.1 Å². The maximum absolute atomic E-state index is 12.5. The monoisotopic (exact) mass is 364 g/mol. The minimum Gasteiger partial charge on any atom is -0.465 e. The van der Waals surface area contributed by atoms with Crippen LogP contribution in [-0.4, -0.2) is 24.0 Å². The molecule has 7 heteroatoms. The highest BCUT2D eigenvalue weighted by Gasteiger charge is 2.29. The van der Waals surface area contributed by atoms with Crippen molar-refractivity contribution in [1.82, 2.24) is 4.98 Å². The van der Waals surface area contributed by atoms with Crippen LogP contribution in [0.5, 0.6) is 0 Å². The predicted octanol–water partition coefficient (Wildman–Crippen LogP) is 3.96. The van der Waals surface area contributed by atoms with Crippen LogP contribution >= 0.6 is 22.9 Å². The van der Waals surface area contributed by atoms with E-state index >= 15 is 0 Å². The number of esters is 1. The number of nitrogens with zero attached hydrogens (tertiary/aromatic N) is 1. The number of hydrogen-bond acceptors (Lipinski definition) is 5. The van der Waals surface area contributed by atoms with Gasteiger partial charge in [-0.1, -0.05) is 18.5 Å². The topological polar surface area (TPSA) is 68.3 Å². The molecule has 0 spiro atoms. The first-order valence-electron chi connectivity index (χ1n) is 7.66. The van der Waals surface area contributed by atoms with Crippen molar-refractivity contribution in [2.24, 2.45) is 5.92 Å². The van der Waals surface area contributed by atoms with E-state index in [1.54, 1.807) is 12.1 Å². The molecule has 0 radical (unpaired) electrons. The fraction of sp³-hybridized carbons (Fsp3) is 0.353. The number of anilines is 1. The van der Waals surface area contributed by atoms with E-state index in [4.69, 9.17) is 16.3 Å². The van der Waals surface area contributed by atoms with E-state index in [9.17, 15) is 9.59 Å². The van der Waals surface area contributed by atoms with Crippen LogP contribution in [0.15, 0.2) is 18.3 Å². The number of rotatable bonds is 3. The van der Waals surface area contributed by atoms with Gasteiger partial charge in [-0.15, -0.1) is 11.3 Å². The summed E-state index contributed by atoms with van der Waals surface area (Å²) in [7, 11) is 1.35. The summed E-state index contributed by atoms with van der Waals surface area (Å²) in [6.07, 6.45) is 4.27. The highest BCUT2D eigenvalue weighted by molar-refractivity contribution is 7.17. The summed E-state index contributed by atoms with van der Waals surface area (Å²) in [5, 5.41) is 3.46. The second kappa shape index (κ2) is 6.91. The first kappa shape index (κ1) is 16.9. The molecule has 3 rings (SSSR count). The van der Waals surface area contributed by atoms with Crippen LogP contribution in [0.2, 0.25) is 5.15 Å². The molecule has 126 valence electrons. The molecule has 0 fully saturated rings.